The van der Waals surface area contributed by atoms with Crippen molar-refractivity contribution >= 4 is 28.9 Å². The highest BCUT2D eigenvalue weighted by Gasteiger charge is 2.23. The molecule has 1 fully saturated rings. The number of methoxy groups -OCH3 is 1. The topological polar surface area (TPSA) is 111 Å². The molecule has 0 aromatic heterocycles. The van der Waals surface area contributed by atoms with Crippen molar-refractivity contribution in [2.24, 2.45) is 0 Å². The summed E-state index contributed by atoms with van der Waals surface area (Å²) in [5, 5.41) is 14.0. The second kappa shape index (κ2) is 8.70. The molecular formula is C20H21N3O6. The molecule has 0 saturated carbocycles. The Morgan fingerprint density at radius 2 is 1.90 bits per heavy atom. The number of benzene rings is 2. The Labute approximate surface area is 167 Å². The van der Waals surface area contributed by atoms with Gasteiger partial charge in [-0.1, -0.05) is 6.07 Å². The van der Waals surface area contributed by atoms with E-state index < -0.39 is 16.8 Å². The molecule has 0 aliphatic carbocycles. The average molecular weight is 399 g/mol. The maximum atomic E-state index is 13.0. The van der Waals surface area contributed by atoms with E-state index in [1.165, 1.54) is 25.3 Å². The molecule has 0 atom stereocenters. The van der Waals surface area contributed by atoms with Crippen LogP contribution in [-0.2, 0) is 9.47 Å². The molecule has 1 aliphatic rings. The first-order valence-electron chi connectivity index (χ1n) is 9.02. The van der Waals surface area contributed by atoms with Gasteiger partial charge in [0.2, 0.25) is 0 Å². The molecule has 152 valence electrons. The Balaban J connectivity index is 1.96. The number of hydrogen-bond donors (Lipinski definition) is 1. The van der Waals surface area contributed by atoms with Gasteiger partial charge in [0.15, 0.2) is 0 Å². The molecule has 1 N–H and O–H groups in total. The van der Waals surface area contributed by atoms with Crippen LogP contribution in [0.2, 0.25) is 0 Å². The second-order valence-corrected chi connectivity index (χ2v) is 6.53. The first kappa shape index (κ1) is 20.3. The fourth-order valence-corrected chi connectivity index (χ4v) is 3.09. The summed E-state index contributed by atoms with van der Waals surface area (Å²) in [5.74, 6) is -1.02. The Morgan fingerprint density at radius 3 is 2.55 bits per heavy atom. The average Bonchev–Trinajstić information content (AvgIpc) is 2.74. The van der Waals surface area contributed by atoms with Gasteiger partial charge in [-0.05, 0) is 30.7 Å². The standard InChI is InChI=1S/C20H21N3O6/c1-13-3-4-14(20(25)28-2)11-17(13)21-19(24)16-12-15(23(26)27)5-6-18(16)22-7-9-29-10-8-22/h3-6,11-12H,7-10H2,1-2H3,(H,21,24). The number of nitro groups is 1. The second-order valence-electron chi connectivity index (χ2n) is 6.53. The Hall–Kier alpha value is -3.46. The maximum absolute atomic E-state index is 13.0. The molecule has 2 aromatic rings. The van der Waals surface area contributed by atoms with Crippen LogP contribution in [0.4, 0.5) is 17.1 Å². The molecule has 1 saturated heterocycles. The van der Waals surface area contributed by atoms with Crippen LogP contribution in [0, 0.1) is 17.0 Å². The van der Waals surface area contributed by atoms with Crippen LogP contribution in [-0.4, -0.2) is 50.2 Å². The fourth-order valence-electron chi connectivity index (χ4n) is 3.09. The number of nitro benzene ring substituents is 1. The molecule has 1 aliphatic heterocycles. The fraction of sp³-hybridized carbons (Fsp3) is 0.300. The number of nitrogens with zero attached hydrogens (tertiary/aromatic N) is 2. The minimum absolute atomic E-state index is 0.174. The minimum Gasteiger partial charge on any atom is -0.465 e. The lowest BCUT2D eigenvalue weighted by atomic mass is 10.1. The van der Waals surface area contributed by atoms with Gasteiger partial charge >= 0.3 is 5.97 Å². The van der Waals surface area contributed by atoms with Crippen LogP contribution in [0.3, 0.4) is 0 Å². The van der Waals surface area contributed by atoms with Gasteiger partial charge in [-0.15, -0.1) is 0 Å². The monoisotopic (exact) mass is 399 g/mol. The van der Waals surface area contributed by atoms with Crippen LogP contribution in [0.25, 0.3) is 0 Å². The van der Waals surface area contributed by atoms with Crippen molar-refractivity contribution in [3.63, 3.8) is 0 Å². The number of rotatable bonds is 5. The molecule has 2 aromatic carbocycles. The van der Waals surface area contributed by atoms with Gasteiger partial charge in [0.1, 0.15) is 0 Å². The van der Waals surface area contributed by atoms with Gasteiger partial charge in [-0.3, -0.25) is 14.9 Å². The third kappa shape index (κ3) is 4.52. The van der Waals surface area contributed by atoms with Gasteiger partial charge in [-0.25, -0.2) is 4.79 Å². The molecule has 9 nitrogen and oxygen atoms in total. The summed E-state index contributed by atoms with van der Waals surface area (Å²) >= 11 is 0. The molecule has 1 amide bonds. The third-order valence-electron chi connectivity index (χ3n) is 4.69. The molecule has 9 heteroatoms. The van der Waals surface area contributed by atoms with Gasteiger partial charge in [0.05, 0.1) is 42.1 Å². The van der Waals surface area contributed by atoms with Gasteiger partial charge < -0.3 is 19.7 Å². The Bertz CT molecular complexity index is 953. The molecular weight excluding hydrogens is 378 g/mol. The number of ether oxygens (including phenoxy) is 2. The number of nitrogens with one attached hydrogen (secondary N) is 1. The summed E-state index contributed by atoms with van der Waals surface area (Å²) in [5.41, 5.74) is 2.07. The first-order valence-corrected chi connectivity index (χ1v) is 9.02. The zero-order chi connectivity index (χ0) is 21.0. The number of carbonyl (C=O) groups is 2. The predicted octanol–water partition coefficient (Wildman–Crippen LogP) is 2.78. The van der Waals surface area contributed by atoms with E-state index >= 15 is 0 Å². The zero-order valence-electron chi connectivity index (χ0n) is 16.1. The number of aryl methyl sites for hydroxylation is 1. The van der Waals surface area contributed by atoms with Crippen molar-refractivity contribution in [1.29, 1.82) is 0 Å². The number of anilines is 2. The quantitative estimate of drug-likeness (QED) is 0.467. The number of hydrogen-bond acceptors (Lipinski definition) is 7. The summed E-state index contributed by atoms with van der Waals surface area (Å²) in [4.78, 5) is 37.5. The smallest absolute Gasteiger partial charge is 0.337 e. The zero-order valence-corrected chi connectivity index (χ0v) is 16.1. The predicted molar refractivity (Wildman–Crippen MR) is 107 cm³/mol. The van der Waals surface area contributed by atoms with E-state index in [4.69, 9.17) is 9.47 Å². The summed E-state index contributed by atoms with van der Waals surface area (Å²) in [7, 11) is 1.28. The lowest BCUT2D eigenvalue weighted by Gasteiger charge is -2.30. The number of amides is 1. The Kier molecular flexibility index (Phi) is 6.08. The van der Waals surface area contributed by atoms with Crippen LogP contribution in [0.5, 0.6) is 0 Å². The summed E-state index contributed by atoms with van der Waals surface area (Å²) in [6, 6.07) is 9.03. The van der Waals surface area contributed by atoms with Crippen molar-refractivity contribution in [3.05, 3.63) is 63.2 Å². The Morgan fingerprint density at radius 1 is 1.17 bits per heavy atom. The van der Waals surface area contributed by atoms with E-state index in [-0.39, 0.29) is 11.3 Å². The SMILES string of the molecule is COC(=O)c1ccc(C)c(NC(=O)c2cc([N+](=O)[O-])ccc2N2CCOCC2)c1. The molecule has 0 spiro atoms. The molecule has 3 rings (SSSR count). The highest BCUT2D eigenvalue weighted by molar-refractivity contribution is 6.09. The van der Waals surface area contributed by atoms with Crippen molar-refractivity contribution in [2.45, 2.75) is 6.92 Å². The first-order chi connectivity index (χ1) is 13.9. The molecule has 0 radical (unpaired) electrons. The maximum Gasteiger partial charge on any atom is 0.337 e. The molecule has 0 unspecified atom stereocenters. The number of morpholine rings is 1. The van der Waals surface area contributed by atoms with E-state index in [9.17, 15) is 19.7 Å². The van der Waals surface area contributed by atoms with Crippen molar-refractivity contribution in [3.8, 4) is 0 Å². The van der Waals surface area contributed by atoms with E-state index in [2.05, 4.69) is 5.32 Å². The summed E-state index contributed by atoms with van der Waals surface area (Å²) < 4.78 is 10.1. The van der Waals surface area contributed by atoms with Crippen molar-refractivity contribution in [2.75, 3.05) is 43.6 Å². The lowest BCUT2D eigenvalue weighted by Crippen LogP contribution is -2.37. The molecule has 29 heavy (non-hydrogen) atoms. The summed E-state index contributed by atoms with van der Waals surface area (Å²) in [6.07, 6.45) is 0. The molecule has 0 bridgehead atoms. The number of non-ortho nitro benzene ring substituents is 1. The van der Waals surface area contributed by atoms with Crippen LogP contribution < -0.4 is 10.2 Å². The van der Waals surface area contributed by atoms with Crippen LogP contribution in [0.1, 0.15) is 26.3 Å². The van der Waals surface area contributed by atoms with Gasteiger partial charge in [0, 0.05) is 30.9 Å². The lowest BCUT2D eigenvalue weighted by molar-refractivity contribution is -0.384. The number of esters is 1. The van der Waals surface area contributed by atoms with E-state index in [0.717, 1.165) is 5.56 Å². The minimum atomic E-state index is -0.539. The van der Waals surface area contributed by atoms with Crippen LogP contribution >= 0.6 is 0 Å². The van der Waals surface area contributed by atoms with Gasteiger partial charge in [0.25, 0.3) is 11.6 Å². The van der Waals surface area contributed by atoms with E-state index in [1.54, 1.807) is 25.1 Å². The van der Waals surface area contributed by atoms with Crippen LogP contribution in [0.15, 0.2) is 36.4 Å². The third-order valence-corrected chi connectivity index (χ3v) is 4.69. The van der Waals surface area contributed by atoms with E-state index in [1.807, 2.05) is 4.90 Å². The summed E-state index contributed by atoms with van der Waals surface area (Å²) in [6.45, 7) is 3.97. The van der Waals surface area contributed by atoms with Gasteiger partial charge in [-0.2, -0.15) is 0 Å². The highest BCUT2D eigenvalue weighted by atomic mass is 16.6. The molecule has 1 heterocycles. The highest BCUT2D eigenvalue weighted by Crippen LogP contribution is 2.28. The normalized spacial score (nSPS) is 13.7. The number of carbonyl (C=O) groups excluding carboxylic acids is 2. The van der Waals surface area contributed by atoms with Crippen molar-refractivity contribution < 1.29 is 24.0 Å². The largest absolute Gasteiger partial charge is 0.465 e. The van der Waals surface area contributed by atoms with E-state index in [0.29, 0.717) is 43.2 Å². The van der Waals surface area contributed by atoms with Crippen molar-refractivity contribution in [1.82, 2.24) is 0 Å².